The van der Waals surface area contributed by atoms with E-state index in [1.807, 2.05) is 0 Å². The van der Waals surface area contributed by atoms with E-state index in [1.54, 1.807) is 0 Å². The van der Waals surface area contributed by atoms with E-state index in [1.165, 1.54) is 53.3 Å². The average Bonchev–Trinajstić information content (AvgIpc) is 3.20. The molecule has 146 valence electrons. The van der Waals surface area contributed by atoms with Crippen LogP contribution < -0.4 is 0 Å². The minimum atomic E-state index is 0.142. The molecule has 1 heteroatoms. The van der Waals surface area contributed by atoms with Gasteiger partial charge in [0.25, 0.3) is 0 Å². The molecule has 1 nitrogen and oxygen atoms in total. The van der Waals surface area contributed by atoms with Crippen molar-refractivity contribution < 1.29 is 0 Å². The van der Waals surface area contributed by atoms with Crippen molar-refractivity contribution in [3.05, 3.63) is 65.2 Å². The van der Waals surface area contributed by atoms with Crippen molar-refractivity contribution in [2.75, 3.05) is 0 Å². The number of hydrogen-bond donors (Lipinski definition) is 0. The molecule has 1 saturated carbocycles. The highest BCUT2D eigenvalue weighted by Crippen LogP contribution is 2.38. The lowest BCUT2D eigenvalue weighted by Crippen LogP contribution is -2.11. The summed E-state index contributed by atoms with van der Waals surface area (Å²) in [6.45, 7) is 11.4. The highest BCUT2D eigenvalue weighted by Gasteiger charge is 2.23. The molecule has 3 aromatic rings. The van der Waals surface area contributed by atoms with Crippen molar-refractivity contribution in [3.8, 4) is 11.3 Å². The zero-order chi connectivity index (χ0) is 19.9. The van der Waals surface area contributed by atoms with E-state index >= 15 is 0 Å². The maximum Gasteiger partial charge on any atom is 0.0709 e. The lowest BCUT2D eigenvalue weighted by molar-refractivity contribution is 0.461. The fourth-order valence-corrected chi connectivity index (χ4v) is 4.68. The Hall–Kier alpha value is -2.15. The molecule has 0 saturated heterocycles. The van der Waals surface area contributed by atoms with Gasteiger partial charge in [-0.15, -0.1) is 0 Å². The number of fused-ring (bicyclic) bond motifs is 1. The third kappa shape index (κ3) is 3.85. The lowest BCUT2D eigenvalue weighted by Gasteiger charge is -2.21. The van der Waals surface area contributed by atoms with Crippen LogP contribution in [0.4, 0.5) is 0 Å². The highest BCUT2D eigenvalue weighted by molar-refractivity contribution is 5.82. The summed E-state index contributed by atoms with van der Waals surface area (Å²) >= 11 is 0. The van der Waals surface area contributed by atoms with Crippen LogP contribution in [0.1, 0.15) is 76.0 Å². The molecule has 1 aliphatic rings. The first-order valence-corrected chi connectivity index (χ1v) is 10.8. The Balaban J connectivity index is 1.69. The van der Waals surface area contributed by atoms with Gasteiger partial charge in [0.15, 0.2) is 0 Å². The van der Waals surface area contributed by atoms with Crippen molar-refractivity contribution in [2.24, 2.45) is 5.92 Å². The van der Waals surface area contributed by atoms with E-state index in [4.69, 9.17) is 4.98 Å². The van der Waals surface area contributed by atoms with Crippen molar-refractivity contribution in [1.29, 1.82) is 0 Å². The normalized spacial score (nSPS) is 16.6. The molecule has 1 aliphatic carbocycles. The van der Waals surface area contributed by atoms with Gasteiger partial charge < -0.3 is 0 Å². The minimum absolute atomic E-state index is 0.142. The zero-order valence-electron chi connectivity index (χ0n) is 18.0. The predicted octanol–water partition coefficient (Wildman–Crippen LogP) is 7.80. The minimum Gasteiger partial charge on any atom is -0.248 e. The SMILES string of the molecule is Cc1cc(-c2ccc3cc(C(C)C4CCCC4)ccc3n2)cc(C(C)(C)C)c1. The van der Waals surface area contributed by atoms with Crippen LogP contribution in [-0.4, -0.2) is 4.98 Å². The molecular formula is C27H33N. The Morgan fingerprint density at radius 1 is 0.929 bits per heavy atom. The summed E-state index contributed by atoms with van der Waals surface area (Å²) in [4.78, 5) is 5.01. The fourth-order valence-electron chi connectivity index (χ4n) is 4.68. The Kier molecular flexibility index (Phi) is 5.04. The van der Waals surface area contributed by atoms with Gasteiger partial charge in [0.2, 0.25) is 0 Å². The molecule has 0 N–H and O–H groups in total. The summed E-state index contributed by atoms with van der Waals surface area (Å²) in [7, 11) is 0. The fraction of sp³-hybridized carbons (Fsp3) is 0.444. The second kappa shape index (κ2) is 7.35. The Morgan fingerprint density at radius 3 is 2.39 bits per heavy atom. The van der Waals surface area contributed by atoms with Gasteiger partial charge in [0.1, 0.15) is 0 Å². The molecule has 0 spiro atoms. The van der Waals surface area contributed by atoms with Crippen LogP contribution in [0.2, 0.25) is 0 Å². The Bertz CT molecular complexity index is 987. The maximum absolute atomic E-state index is 5.01. The smallest absolute Gasteiger partial charge is 0.0709 e. The summed E-state index contributed by atoms with van der Waals surface area (Å²) < 4.78 is 0. The summed E-state index contributed by atoms with van der Waals surface area (Å²) in [6.07, 6.45) is 5.58. The molecule has 1 atom stereocenters. The number of aromatic nitrogens is 1. The summed E-state index contributed by atoms with van der Waals surface area (Å²) in [5.41, 5.74) is 7.66. The third-order valence-corrected chi connectivity index (χ3v) is 6.59. The summed E-state index contributed by atoms with van der Waals surface area (Å²) in [5.74, 6) is 1.51. The maximum atomic E-state index is 5.01. The molecule has 1 fully saturated rings. The third-order valence-electron chi connectivity index (χ3n) is 6.59. The van der Waals surface area contributed by atoms with Gasteiger partial charge in [-0.05, 0) is 78.5 Å². The molecule has 0 radical (unpaired) electrons. The van der Waals surface area contributed by atoms with Gasteiger partial charge >= 0.3 is 0 Å². The summed E-state index contributed by atoms with van der Waals surface area (Å²) in [5, 5.41) is 1.26. The molecule has 0 bridgehead atoms. The largest absolute Gasteiger partial charge is 0.248 e. The molecule has 4 rings (SSSR count). The molecular weight excluding hydrogens is 338 g/mol. The standard InChI is InChI=1S/C27H33N/c1-18-14-23(17-24(15-18)27(3,4)5)26-13-11-22-16-21(10-12-25(22)28-26)19(2)20-8-6-7-9-20/h10-17,19-20H,6-9H2,1-5H3. The Morgan fingerprint density at radius 2 is 1.68 bits per heavy atom. The molecule has 28 heavy (non-hydrogen) atoms. The van der Waals surface area contributed by atoms with Crippen molar-refractivity contribution in [1.82, 2.24) is 4.98 Å². The van der Waals surface area contributed by atoms with E-state index in [-0.39, 0.29) is 5.41 Å². The van der Waals surface area contributed by atoms with Crippen LogP contribution in [0.3, 0.4) is 0 Å². The van der Waals surface area contributed by atoms with E-state index in [2.05, 4.69) is 83.1 Å². The number of pyridine rings is 1. The van der Waals surface area contributed by atoms with E-state index in [0.29, 0.717) is 5.92 Å². The lowest BCUT2D eigenvalue weighted by atomic mass is 9.84. The summed E-state index contributed by atoms with van der Waals surface area (Å²) in [6, 6.07) is 18.2. The van der Waals surface area contributed by atoms with Gasteiger partial charge in [-0.3, -0.25) is 0 Å². The number of rotatable bonds is 3. The van der Waals surface area contributed by atoms with Crippen molar-refractivity contribution in [3.63, 3.8) is 0 Å². The van der Waals surface area contributed by atoms with E-state index < -0.39 is 0 Å². The highest BCUT2D eigenvalue weighted by atomic mass is 14.7. The average molecular weight is 372 g/mol. The zero-order valence-corrected chi connectivity index (χ0v) is 18.0. The van der Waals surface area contributed by atoms with Gasteiger partial charge in [0.05, 0.1) is 11.2 Å². The quantitative estimate of drug-likeness (QED) is 0.457. The molecule has 1 unspecified atom stereocenters. The number of benzene rings is 2. The first kappa shape index (κ1) is 19.2. The van der Waals surface area contributed by atoms with Crippen molar-refractivity contribution in [2.45, 2.75) is 71.6 Å². The number of hydrogen-bond acceptors (Lipinski definition) is 1. The van der Waals surface area contributed by atoms with Gasteiger partial charge in [-0.1, -0.05) is 64.3 Å². The van der Waals surface area contributed by atoms with Crippen LogP contribution in [0, 0.1) is 12.8 Å². The predicted molar refractivity (Wildman–Crippen MR) is 121 cm³/mol. The van der Waals surface area contributed by atoms with Gasteiger partial charge in [0, 0.05) is 10.9 Å². The van der Waals surface area contributed by atoms with Gasteiger partial charge in [-0.2, -0.15) is 0 Å². The second-order valence-corrected chi connectivity index (χ2v) is 9.82. The second-order valence-electron chi connectivity index (χ2n) is 9.82. The van der Waals surface area contributed by atoms with Crippen LogP contribution in [-0.2, 0) is 5.41 Å². The Labute approximate surface area is 170 Å². The van der Waals surface area contributed by atoms with Crippen LogP contribution in [0.5, 0.6) is 0 Å². The first-order chi connectivity index (χ1) is 13.3. The number of aryl methyl sites for hydroxylation is 1. The van der Waals surface area contributed by atoms with Crippen LogP contribution in [0.15, 0.2) is 48.5 Å². The topological polar surface area (TPSA) is 12.9 Å². The molecule has 1 heterocycles. The molecule has 0 aliphatic heterocycles. The number of nitrogens with zero attached hydrogens (tertiary/aromatic N) is 1. The molecule has 1 aromatic heterocycles. The molecule has 2 aromatic carbocycles. The van der Waals surface area contributed by atoms with Crippen molar-refractivity contribution >= 4 is 10.9 Å². The van der Waals surface area contributed by atoms with E-state index in [9.17, 15) is 0 Å². The monoisotopic (exact) mass is 371 g/mol. The van der Waals surface area contributed by atoms with Gasteiger partial charge in [-0.25, -0.2) is 4.98 Å². The molecule has 0 amide bonds. The van der Waals surface area contributed by atoms with E-state index in [0.717, 1.165) is 17.1 Å². The van der Waals surface area contributed by atoms with Crippen LogP contribution >= 0.6 is 0 Å². The first-order valence-electron chi connectivity index (χ1n) is 10.8. The van der Waals surface area contributed by atoms with Crippen LogP contribution in [0.25, 0.3) is 22.2 Å².